The number of rotatable bonds is 2. The third-order valence-corrected chi connectivity index (χ3v) is 2.72. The number of hydrogen-bond acceptors (Lipinski definition) is 3. The van der Waals surface area contributed by atoms with Gasteiger partial charge in [0.2, 0.25) is 0 Å². The van der Waals surface area contributed by atoms with Gasteiger partial charge in [0, 0.05) is 12.6 Å². The van der Waals surface area contributed by atoms with E-state index in [4.69, 9.17) is 0 Å². The molecule has 17 heavy (non-hydrogen) atoms. The molecular weight excluding hydrogens is 231 g/mol. The van der Waals surface area contributed by atoms with Gasteiger partial charge >= 0.3 is 6.18 Å². The largest absolute Gasteiger partial charge is 0.433 e. The van der Waals surface area contributed by atoms with E-state index in [9.17, 15) is 13.2 Å². The van der Waals surface area contributed by atoms with Crippen molar-refractivity contribution in [3.05, 3.63) is 24.0 Å². The van der Waals surface area contributed by atoms with Gasteiger partial charge in [0.05, 0.1) is 11.9 Å². The van der Waals surface area contributed by atoms with Crippen LogP contribution in [0.5, 0.6) is 0 Å². The van der Waals surface area contributed by atoms with Crippen LogP contribution >= 0.6 is 0 Å². The smallest absolute Gasteiger partial charge is 0.380 e. The van der Waals surface area contributed by atoms with Crippen molar-refractivity contribution in [2.45, 2.75) is 25.1 Å². The van der Waals surface area contributed by atoms with Gasteiger partial charge in [-0.15, -0.1) is 0 Å². The van der Waals surface area contributed by atoms with Crippen molar-refractivity contribution in [3.8, 4) is 0 Å². The lowest BCUT2D eigenvalue weighted by Gasteiger charge is -2.24. The highest BCUT2D eigenvalue weighted by Crippen LogP contribution is 2.27. The topological polar surface area (TPSA) is 37.0 Å². The third kappa shape index (κ3) is 3.33. The molecule has 0 amide bonds. The molecule has 2 N–H and O–H groups in total. The molecule has 94 valence electrons. The van der Waals surface area contributed by atoms with E-state index < -0.39 is 11.9 Å². The summed E-state index contributed by atoms with van der Waals surface area (Å²) in [5.41, 5.74) is -0.225. The number of hydrogen-bond donors (Lipinski definition) is 2. The molecule has 0 bridgehead atoms. The molecule has 0 aliphatic carbocycles. The number of pyridine rings is 1. The molecule has 1 aromatic heterocycles. The van der Waals surface area contributed by atoms with Crippen molar-refractivity contribution in [2.75, 3.05) is 18.4 Å². The van der Waals surface area contributed by atoms with Crippen LogP contribution in [-0.2, 0) is 6.18 Å². The fraction of sp³-hybridized carbons (Fsp3) is 0.545. The molecule has 2 heterocycles. The van der Waals surface area contributed by atoms with Crippen LogP contribution in [0.25, 0.3) is 0 Å². The van der Waals surface area contributed by atoms with Crippen molar-refractivity contribution < 1.29 is 13.2 Å². The number of alkyl halides is 3. The molecule has 1 fully saturated rings. The van der Waals surface area contributed by atoms with Crippen LogP contribution in [0.15, 0.2) is 18.3 Å². The molecule has 6 heteroatoms. The quantitative estimate of drug-likeness (QED) is 0.839. The summed E-state index contributed by atoms with van der Waals surface area (Å²) < 4.78 is 36.9. The highest BCUT2D eigenvalue weighted by Gasteiger charge is 2.32. The zero-order chi connectivity index (χ0) is 12.3. The van der Waals surface area contributed by atoms with Crippen LogP contribution in [0, 0.1) is 0 Å². The molecule has 0 aromatic carbocycles. The van der Waals surface area contributed by atoms with Gasteiger partial charge in [-0.1, -0.05) is 0 Å². The van der Waals surface area contributed by atoms with Crippen molar-refractivity contribution >= 4 is 5.69 Å². The van der Waals surface area contributed by atoms with E-state index in [0.717, 1.165) is 32.0 Å². The summed E-state index contributed by atoms with van der Waals surface area (Å²) in [5.74, 6) is 0. The Kier molecular flexibility index (Phi) is 3.51. The Morgan fingerprint density at radius 3 is 2.71 bits per heavy atom. The third-order valence-electron chi connectivity index (χ3n) is 2.72. The average molecular weight is 245 g/mol. The number of anilines is 1. The summed E-state index contributed by atoms with van der Waals surface area (Å²) in [4.78, 5) is 3.41. The molecule has 3 nitrogen and oxygen atoms in total. The minimum atomic E-state index is -4.37. The van der Waals surface area contributed by atoms with Crippen LogP contribution < -0.4 is 10.6 Å². The van der Waals surface area contributed by atoms with Gasteiger partial charge in [0.15, 0.2) is 0 Å². The van der Waals surface area contributed by atoms with Gasteiger partial charge in [-0.25, -0.2) is 4.98 Å². The fourth-order valence-electron chi connectivity index (χ4n) is 1.86. The van der Waals surface area contributed by atoms with Crippen molar-refractivity contribution in [1.82, 2.24) is 10.3 Å². The van der Waals surface area contributed by atoms with Crippen molar-refractivity contribution in [1.29, 1.82) is 0 Å². The maximum Gasteiger partial charge on any atom is 0.433 e. The molecule has 1 aromatic rings. The first-order chi connectivity index (χ1) is 8.05. The van der Waals surface area contributed by atoms with E-state index in [1.165, 1.54) is 12.3 Å². The minimum absolute atomic E-state index is 0.266. The SMILES string of the molecule is FC(F)(F)c1ccc(NC2CCCNC2)cn1. The molecule has 1 aliphatic heterocycles. The molecule has 1 aliphatic rings. The van der Waals surface area contributed by atoms with Gasteiger partial charge in [-0.3, -0.25) is 0 Å². The van der Waals surface area contributed by atoms with Gasteiger partial charge in [0.1, 0.15) is 5.69 Å². The molecule has 1 atom stereocenters. The van der Waals surface area contributed by atoms with E-state index >= 15 is 0 Å². The van der Waals surface area contributed by atoms with E-state index in [2.05, 4.69) is 15.6 Å². The van der Waals surface area contributed by atoms with E-state index in [0.29, 0.717) is 5.69 Å². The van der Waals surface area contributed by atoms with Gasteiger partial charge < -0.3 is 10.6 Å². The molecule has 0 spiro atoms. The van der Waals surface area contributed by atoms with E-state index in [-0.39, 0.29) is 6.04 Å². The number of aromatic nitrogens is 1. The van der Waals surface area contributed by atoms with Crippen molar-refractivity contribution in [2.24, 2.45) is 0 Å². The lowest BCUT2D eigenvalue weighted by Crippen LogP contribution is -2.38. The molecule has 0 saturated carbocycles. The number of nitrogens with zero attached hydrogens (tertiary/aromatic N) is 1. The summed E-state index contributed by atoms with van der Waals surface area (Å²) in [7, 11) is 0. The van der Waals surface area contributed by atoms with Gasteiger partial charge in [0.25, 0.3) is 0 Å². The standard InChI is InChI=1S/C11H14F3N3/c12-11(13,14)10-4-3-9(7-16-10)17-8-2-1-5-15-6-8/h3-4,7-8,15,17H,1-2,5-6H2. The summed E-state index contributed by atoms with van der Waals surface area (Å²) in [6.07, 6.45) is -1.04. The molecular formula is C11H14F3N3. The Hall–Kier alpha value is -1.30. The second kappa shape index (κ2) is 4.91. The number of piperidine rings is 1. The Morgan fingerprint density at radius 2 is 2.18 bits per heavy atom. The lowest BCUT2D eigenvalue weighted by molar-refractivity contribution is -0.141. The Balaban J connectivity index is 1.98. The summed E-state index contributed by atoms with van der Waals surface area (Å²) >= 11 is 0. The molecule has 0 radical (unpaired) electrons. The maximum atomic E-state index is 12.3. The van der Waals surface area contributed by atoms with E-state index in [1.807, 2.05) is 0 Å². The molecule has 1 saturated heterocycles. The highest BCUT2D eigenvalue weighted by atomic mass is 19.4. The first-order valence-corrected chi connectivity index (χ1v) is 5.56. The van der Waals surface area contributed by atoms with E-state index in [1.54, 1.807) is 0 Å². The Morgan fingerprint density at radius 1 is 1.35 bits per heavy atom. The predicted octanol–water partition coefficient (Wildman–Crippen LogP) is 2.26. The second-order valence-electron chi connectivity index (χ2n) is 4.12. The maximum absolute atomic E-state index is 12.3. The lowest BCUT2D eigenvalue weighted by atomic mass is 10.1. The van der Waals surface area contributed by atoms with Crippen LogP contribution in [0.3, 0.4) is 0 Å². The molecule has 2 rings (SSSR count). The average Bonchev–Trinajstić information content (AvgIpc) is 2.30. The number of halogens is 3. The first kappa shape index (κ1) is 12.2. The van der Waals surface area contributed by atoms with Gasteiger partial charge in [-0.2, -0.15) is 13.2 Å². The number of nitrogens with one attached hydrogen (secondary N) is 2. The summed E-state index contributed by atoms with van der Waals surface area (Å²) in [6, 6.07) is 2.69. The Labute approximate surface area is 97.4 Å². The monoisotopic (exact) mass is 245 g/mol. The zero-order valence-corrected chi connectivity index (χ0v) is 9.22. The van der Waals surface area contributed by atoms with Crippen LogP contribution in [-0.4, -0.2) is 24.1 Å². The zero-order valence-electron chi connectivity index (χ0n) is 9.22. The van der Waals surface area contributed by atoms with Crippen molar-refractivity contribution in [3.63, 3.8) is 0 Å². The normalized spacial score (nSPS) is 21.2. The predicted molar refractivity (Wildman–Crippen MR) is 58.8 cm³/mol. The first-order valence-electron chi connectivity index (χ1n) is 5.56. The second-order valence-corrected chi connectivity index (χ2v) is 4.12. The highest BCUT2D eigenvalue weighted by molar-refractivity contribution is 5.42. The van der Waals surface area contributed by atoms with Gasteiger partial charge in [-0.05, 0) is 31.5 Å². The van der Waals surface area contributed by atoms with Crippen LogP contribution in [0.4, 0.5) is 18.9 Å². The summed E-state index contributed by atoms with van der Waals surface area (Å²) in [6.45, 7) is 1.84. The van der Waals surface area contributed by atoms with Crippen LogP contribution in [0.1, 0.15) is 18.5 Å². The fourth-order valence-corrected chi connectivity index (χ4v) is 1.86. The summed E-state index contributed by atoms with van der Waals surface area (Å²) in [5, 5.41) is 6.39. The minimum Gasteiger partial charge on any atom is -0.380 e. The Bertz CT molecular complexity index is 355. The molecule has 1 unspecified atom stereocenters. The van der Waals surface area contributed by atoms with Crippen LogP contribution in [0.2, 0.25) is 0 Å².